The van der Waals surface area contributed by atoms with Crippen molar-refractivity contribution < 1.29 is 9.53 Å². The number of carbonyl (C=O) groups is 1. The standard InChI is InChI=1S/C15H29N3O2S/c19-15(13-21-12-14-4-1-2-11-20-14)17-5-3-8-18-9-6-16-7-10-18/h14,16H,1-13H2,(H,17,19). The Morgan fingerprint density at radius 1 is 1.33 bits per heavy atom. The number of nitrogens with zero attached hydrogens (tertiary/aromatic N) is 1. The summed E-state index contributed by atoms with van der Waals surface area (Å²) in [5.74, 6) is 1.68. The van der Waals surface area contributed by atoms with E-state index in [4.69, 9.17) is 4.74 Å². The second kappa shape index (κ2) is 10.4. The number of ether oxygens (including phenoxy) is 1. The van der Waals surface area contributed by atoms with Crippen LogP contribution < -0.4 is 10.6 Å². The van der Waals surface area contributed by atoms with Crippen LogP contribution in [0, 0.1) is 0 Å². The van der Waals surface area contributed by atoms with E-state index >= 15 is 0 Å². The highest BCUT2D eigenvalue weighted by molar-refractivity contribution is 7.99. The van der Waals surface area contributed by atoms with Crippen molar-refractivity contribution >= 4 is 17.7 Å². The highest BCUT2D eigenvalue weighted by Gasteiger charge is 2.14. The van der Waals surface area contributed by atoms with Crippen molar-refractivity contribution in [2.24, 2.45) is 0 Å². The van der Waals surface area contributed by atoms with Crippen LogP contribution in [0.25, 0.3) is 0 Å². The lowest BCUT2D eigenvalue weighted by Crippen LogP contribution is -2.44. The van der Waals surface area contributed by atoms with Crippen molar-refractivity contribution in [1.82, 2.24) is 15.5 Å². The summed E-state index contributed by atoms with van der Waals surface area (Å²) in [6, 6.07) is 0. The third-order valence-corrected chi connectivity index (χ3v) is 5.07. The molecule has 0 aromatic carbocycles. The summed E-state index contributed by atoms with van der Waals surface area (Å²) in [4.78, 5) is 14.2. The molecule has 2 heterocycles. The first kappa shape index (κ1) is 17.1. The Bertz CT molecular complexity index is 293. The molecule has 21 heavy (non-hydrogen) atoms. The maximum absolute atomic E-state index is 11.7. The fourth-order valence-corrected chi connectivity index (χ4v) is 3.67. The van der Waals surface area contributed by atoms with Crippen LogP contribution in [0.5, 0.6) is 0 Å². The van der Waals surface area contributed by atoms with Crippen molar-refractivity contribution in [3.63, 3.8) is 0 Å². The molecule has 0 bridgehead atoms. The van der Waals surface area contributed by atoms with E-state index in [-0.39, 0.29) is 5.91 Å². The molecule has 0 saturated carbocycles. The van der Waals surface area contributed by atoms with Crippen molar-refractivity contribution in [2.45, 2.75) is 31.8 Å². The third kappa shape index (κ3) is 7.49. The fraction of sp³-hybridized carbons (Fsp3) is 0.933. The van der Waals surface area contributed by atoms with Crippen molar-refractivity contribution in [2.75, 3.05) is 57.4 Å². The number of piperazine rings is 1. The summed E-state index contributed by atoms with van der Waals surface area (Å²) in [5, 5.41) is 6.37. The van der Waals surface area contributed by atoms with Gasteiger partial charge in [0.05, 0.1) is 11.9 Å². The molecule has 5 nitrogen and oxygen atoms in total. The minimum atomic E-state index is 0.163. The van der Waals surface area contributed by atoms with E-state index in [1.54, 1.807) is 11.8 Å². The first-order valence-corrected chi connectivity index (χ1v) is 9.39. The minimum Gasteiger partial charge on any atom is -0.377 e. The predicted molar refractivity (Wildman–Crippen MR) is 87.9 cm³/mol. The van der Waals surface area contributed by atoms with Gasteiger partial charge in [0.1, 0.15) is 0 Å². The average Bonchev–Trinajstić information content (AvgIpc) is 2.54. The maximum Gasteiger partial charge on any atom is 0.229 e. The quantitative estimate of drug-likeness (QED) is 0.646. The molecule has 2 N–H and O–H groups in total. The highest BCUT2D eigenvalue weighted by Crippen LogP contribution is 2.16. The molecule has 0 spiro atoms. The number of rotatable bonds is 8. The van der Waals surface area contributed by atoms with Gasteiger partial charge in [0.25, 0.3) is 0 Å². The zero-order valence-corrected chi connectivity index (χ0v) is 13.8. The molecule has 1 atom stereocenters. The lowest BCUT2D eigenvalue weighted by molar-refractivity contribution is -0.118. The van der Waals surface area contributed by atoms with E-state index in [0.29, 0.717) is 11.9 Å². The van der Waals surface area contributed by atoms with Crippen LogP contribution >= 0.6 is 11.8 Å². The Morgan fingerprint density at radius 3 is 2.95 bits per heavy atom. The average molecular weight is 315 g/mol. The molecular weight excluding hydrogens is 286 g/mol. The van der Waals surface area contributed by atoms with Crippen LogP contribution in [0.1, 0.15) is 25.7 Å². The molecule has 2 aliphatic heterocycles. The van der Waals surface area contributed by atoms with Crippen LogP contribution in [0.2, 0.25) is 0 Å². The Balaban J connectivity index is 1.42. The van der Waals surface area contributed by atoms with Gasteiger partial charge in [-0.05, 0) is 32.2 Å². The molecular formula is C15H29N3O2S. The molecule has 0 aromatic rings. The molecule has 0 radical (unpaired) electrons. The van der Waals surface area contributed by atoms with E-state index in [1.807, 2.05) is 0 Å². The number of carbonyl (C=O) groups excluding carboxylic acids is 1. The van der Waals surface area contributed by atoms with Crippen molar-refractivity contribution in [3.05, 3.63) is 0 Å². The van der Waals surface area contributed by atoms with Crippen molar-refractivity contribution in [3.8, 4) is 0 Å². The summed E-state index contributed by atoms with van der Waals surface area (Å²) in [6.45, 7) is 7.21. The molecule has 0 aromatic heterocycles. The van der Waals surface area contributed by atoms with E-state index < -0.39 is 0 Å². The summed E-state index contributed by atoms with van der Waals surface area (Å²) in [6.07, 6.45) is 5.02. The third-order valence-electron chi connectivity index (χ3n) is 3.99. The molecule has 1 unspecified atom stereocenters. The first-order chi connectivity index (χ1) is 10.3. The van der Waals surface area contributed by atoms with E-state index in [1.165, 1.54) is 12.8 Å². The minimum absolute atomic E-state index is 0.163. The number of hydrogen-bond donors (Lipinski definition) is 2. The molecule has 6 heteroatoms. The van der Waals surface area contributed by atoms with Gasteiger partial charge in [-0.2, -0.15) is 0 Å². The molecule has 1 amide bonds. The second-order valence-electron chi connectivity index (χ2n) is 5.80. The number of thioether (sulfide) groups is 1. The van der Waals surface area contributed by atoms with Crippen LogP contribution in [-0.2, 0) is 9.53 Å². The fourth-order valence-electron chi connectivity index (χ4n) is 2.74. The smallest absolute Gasteiger partial charge is 0.229 e. The summed E-state index contributed by atoms with van der Waals surface area (Å²) in [7, 11) is 0. The van der Waals surface area contributed by atoms with Crippen molar-refractivity contribution in [1.29, 1.82) is 0 Å². The zero-order valence-electron chi connectivity index (χ0n) is 12.9. The maximum atomic E-state index is 11.7. The molecule has 2 rings (SSSR count). The number of amides is 1. The number of nitrogens with one attached hydrogen (secondary N) is 2. The van der Waals surface area contributed by atoms with Crippen LogP contribution in [0.15, 0.2) is 0 Å². The Morgan fingerprint density at radius 2 is 2.19 bits per heavy atom. The van der Waals surface area contributed by atoms with E-state index in [2.05, 4.69) is 15.5 Å². The van der Waals surface area contributed by atoms with E-state index in [9.17, 15) is 4.79 Å². The van der Waals surface area contributed by atoms with E-state index in [0.717, 1.165) is 64.5 Å². The number of hydrogen-bond acceptors (Lipinski definition) is 5. The Hall–Kier alpha value is -0.300. The van der Waals surface area contributed by atoms with Crippen LogP contribution in [0.3, 0.4) is 0 Å². The Labute approximate surface area is 132 Å². The predicted octanol–water partition coefficient (Wildman–Crippen LogP) is 0.700. The van der Waals surface area contributed by atoms with Gasteiger partial charge in [0.15, 0.2) is 0 Å². The highest BCUT2D eigenvalue weighted by atomic mass is 32.2. The summed E-state index contributed by atoms with van der Waals surface area (Å²) >= 11 is 1.70. The second-order valence-corrected chi connectivity index (χ2v) is 6.83. The van der Waals surface area contributed by atoms with Gasteiger partial charge in [0.2, 0.25) is 5.91 Å². The van der Waals surface area contributed by atoms with Gasteiger partial charge in [-0.25, -0.2) is 0 Å². The Kier molecular flexibility index (Phi) is 8.47. The summed E-state index contributed by atoms with van der Waals surface area (Å²) in [5.41, 5.74) is 0. The van der Waals surface area contributed by atoms with Gasteiger partial charge in [-0.15, -0.1) is 11.8 Å². The lowest BCUT2D eigenvalue weighted by Gasteiger charge is -2.27. The topological polar surface area (TPSA) is 53.6 Å². The largest absolute Gasteiger partial charge is 0.377 e. The molecule has 2 fully saturated rings. The molecule has 2 saturated heterocycles. The molecule has 0 aliphatic carbocycles. The SMILES string of the molecule is O=C(CSCC1CCCCO1)NCCCN1CCNCC1. The van der Waals surface area contributed by atoms with Gasteiger partial charge in [-0.1, -0.05) is 0 Å². The van der Waals surface area contributed by atoms with Gasteiger partial charge in [0, 0.05) is 45.1 Å². The van der Waals surface area contributed by atoms with Gasteiger partial charge in [-0.3, -0.25) is 4.79 Å². The molecule has 122 valence electrons. The lowest BCUT2D eigenvalue weighted by atomic mass is 10.1. The van der Waals surface area contributed by atoms with Gasteiger partial charge < -0.3 is 20.3 Å². The first-order valence-electron chi connectivity index (χ1n) is 8.24. The normalized spacial score (nSPS) is 23.9. The zero-order chi connectivity index (χ0) is 14.8. The molecule has 2 aliphatic rings. The van der Waals surface area contributed by atoms with Crippen LogP contribution in [0.4, 0.5) is 0 Å². The van der Waals surface area contributed by atoms with Crippen LogP contribution in [-0.4, -0.2) is 74.3 Å². The monoisotopic (exact) mass is 315 g/mol. The summed E-state index contributed by atoms with van der Waals surface area (Å²) < 4.78 is 5.66. The van der Waals surface area contributed by atoms with Gasteiger partial charge >= 0.3 is 0 Å².